The molecule has 0 saturated carbocycles. The lowest BCUT2D eigenvalue weighted by atomic mass is 10.1. The van der Waals surface area contributed by atoms with Gasteiger partial charge in [-0.1, -0.05) is 0 Å². The van der Waals surface area contributed by atoms with Crippen LogP contribution in [0, 0.1) is 0 Å². The number of nitrogens with one attached hydrogen (secondary N) is 3. The molecule has 1 aliphatic heterocycles. The minimum absolute atomic E-state index is 0.150. The first-order valence-electron chi connectivity index (χ1n) is 4.64. The Balaban J connectivity index is 2.52. The first kappa shape index (κ1) is 9.01. The summed E-state index contributed by atoms with van der Waals surface area (Å²) >= 11 is 0. The van der Waals surface area contributed by atoms with Gasteiger partial charge in [0.05, 0.1) is 0 Å². The van der Waals surface area contributed by atoms with Crippen molar-refractivity contribution in [2.24, 2.45) is 0 Å². The van der Waals surface area contributed by atoms with Gasteiger partial charge in [-0.05, 0) is 13.8 Å². The van der Waals surface area contributed by atoms with E-state index in [1.807, 2.05) is 5.32 Å². The number of H-pyrrole nitrogens is 2. The van der Waals surface area contributed by atoms with E-state index in [1.54, 1.807) is 0 Å². The summed E-state index contributed by atoms with van der Waals surface area (Å²) in [5.74, 6) is 0.980. The van der Waals surface area contributed by atoms with Gasteiger partial charge in [-0.15, -0.1) is 0 Å². The zero-order valence-electron chi connectivity index (χ0n) is 8.22. The van der Waals surface area contributed by atoms with Crippen molar-refractivity contribution in [3.05, 3.63) is 10.4 Å². The van der Waals surface area contributed by atoms with Crippen LogP contribution < -0.4 is 26.9 Å². The average Bonchev–Trinajstić information content (AvgIpc) is 2.08. The van der Waals surface area contributed by atoms with Crippen molar-refractivity contribution in [2.45, 2.75) is 25.9 Å². The number of aromatic nitrogens is 2. The molecule has 6 heteroatoms. The zero-order valence-corrected chi connectivity index (χ0v) is 8.22. The third-order valence-corrected chi connectivity index (χ3v) is 2.61. The smallest absolute Gasteiger partial charge is 0.310 e. The molecule has 6 nitrogen and oxygen atoms in total. The Kier molecular flexibility index (Phi) is 1.92. The van der Waals surface area contributed by atoms with Crippen molar-refractivity contribution < 1.29 is 10.3 Å². The lowest BCUT2D eigenvalue weighted by Gasteiger charge is -2.23. The van der Waals surface area contributed by atoms with E-state index in [1.165, 1.54) is 0 Å². The van der Waals surface area contributed by atoms with Gasteiger partial charge in [0.2, 0.25) is 0 Å². The molecule has 0 unspecified atom stereocenters. The molecule has 14 heavy (non-hydrogen) atoms. The predicted octanol–water partition coefficient (Wildman–Crippen LogP) is -1.83. The quantitative estimate of drug-likeness (QED) is 0.393. The molecule has 1 aromatic rings. The van der Waals surface area contributed by atoms with Crippen molar-refractivity contribution in [3.8, 4) is 0 Å². The largest absolute Gasteiger partial charge is 0.360 e. The van der Waals surface area contributed by atoms with Crippen LogP contribution in [-0.2, 0) is 0 Å². The summed E-state index contributed by atoms with van der Waals surface area (Å²) < 4.78 is 0. The second-order valence-electron chi connectivity index (χ2n) is 3.74. The highest BCUT2D eigenvalue weighted by Crippen LogP contribution is 2.11. The Morgan fingerprint density at radius 2 is 2.21 bits per heavy atom. The summed E-state index contributed by atoms with van der Waals surface area (Å²) in [4.78, 5) is 16.9. The van der Waals surface area contributed by atoms with Crippen LogP contribution >= 0.6 is 0 Å². The zero-order chi connectivity index (χ0) is 10.3. The maximum atomic E-state index is 11.5. The first-order valence-corrected chi connectivity index (χ1v) is 4.64. The molecule has 2 rings (SSSR count). The molecule has 2 heterocycles. The number of nitrogen functional groups attached to an aromatic ring is 1. The molecular weight excluding hydrogens is 182 g/mol. The summed E-state index contributed by atoms with van der Waals surface area (Å²) in [6, 6.07) is 0.639. The lowest BCUT2D eigenvalue weighted by Crippen LogP contribution is -2.90. The fraction of sp³-hybridized carbons (Fsp3) is 0.500. The Hall–Kier alpha value is -1.56. The van der Waals surface area contributed by atoms with Crippen LogP contribution in [0.5, 0.6) is 0 Å². The van der Waals surface area contributed by atoms with E-state index in [0.29, 0.717) is 23.6 Å². The highest BCUT2D eigenvalue weighted by molar-refractivity contribution is 5.52. The third kappa shape index (κ3) is 1.33. The van der Waals surface area contributed by atoms with Crippen molar-refractivity contribution >= 4 is 17.5 Å². The molecule has 0 aliphatic carbocycles. The van der Waals surface area contributed by atoms with Crippen LogP contribution in [0.4, 0.5) is 17.5 Å². The SMILES string of the molecule is C[C@@H]1[NH2+]c2c([nH+]c(N)[nH]c2=O)N[C@@H]1C. The molecule has 0 saturated heterocycles. The number of fused-ring (bicyclic) bond motifs is 1. The standard InChI is InChI=1S/C8H13N5O/c1-3-4(2)11-6-5(10-3)7(14)13-8(9)12-6/h3-4,10H,1-2H3,(H4,9,11,12,13,14)/p+2/t3-,4+/m0/s1. The molecule has 1 aliphatic rings. The van der Waals surface area contributed by atoms with E-state index in [9.17, 15) is 4.79 Å². The van der Waals surface area contributed by atoms with Crippen LogP contribution in [0.1, 0.15) is 13.8 Å². The van der Waals surface area contributed by atoms with E-state index in [0.717, 1.165) is 0 Å². The lowest BCUT2D eigenvalue weighted by molar-refractivity contribution is -0.616. The highest BCUT2D eigenvalue weighted by Gasteiger charge is 2.31. The topological polar surface area (TPSA) is 102 Å². The molecule has 0 fully saturated rings. The molecule has 1 aromatic heterocycles. The van der Waals surface area contributed by atoms with Crippen molar-refractivity contribution in [1.29, 1.82) is 0 Å². The van der Waals surface area contributed by atoms with Gasteiger partial charge in [-0.3, -0.25) is 5.32 Å². The summed E-state index contributed by atoms with van der Waals surface area (Å²) in [7, 11) is 0. The molecule has 76 valence electrons. The number of anilines is 2. The number of aromatic amines is 2. The second kappa shape index (κ2) is 2.98. The maximum Gasteiger partial charge on any atom is 0.360 e. The highest BCUT2D eigenvalue weighted by atomic mass is 16.1. The monoisotopic (exact) mass is 197 g/mol. The van der Waals surface area contributed by atoms with Gasteiger partial charge in [0.25, 0.3) is 11.5 Å². The van der Waals surface area contributed by atoms with Crippen LogP contribution in [0.15, 0.2) is 4.79 Å². The molecule has 0 amide bonds. The summed E-state index contributed by atoms with van der Waals surface area (Å²) in [6.45, 7) is 4.13. The molecular formula is C8H15N5O+2. The maximum absolute atomic E-state index is 11.5. The van der Waals surface area contributed by atoms with Gasteiger partial charge in [0.1, 0.15) is 12.1 Å². The van der Waals surface area contributed by atoms with E-state index >= 15 is 0 Å². The number of nitrogens with two attached hydrogens (primary N) is 2. The number of hydrogen-bond donors (Lipinski definition) is 4. The normalized spacial score (nSPS) is 25.3. The van der Waals surface area contributed by atoms with Crippen LogP contribution in [0.25, 0.3) is 0 Å². The summed E-state index contributed by atoms with van der Waals surface area (Å²) in [6.07, 6.45) is 0. The van der Waals surface area contributed by atoms with Crippen molar-refractivity contribution in [2.75, 3.05) is 11.1 Å². The first-order chi connectivity index (χ1) is 6.58. The van der Waals surface area contributed by atoms with E-state index in [4.69, 9.17) is 5.73 Å². The van der Waals surface area contributed by atoms with E-state index in [2.05, 4.69) is 29.1 Å². The second-order valence-corrected chi connectivity index (χ2v) is 3.74. The fourth-order valence-electron chi connectivity index (χ4n) is 1.58. The van der Waals surface area contributed by atoms with Gasteiger partial charge < -0.3 is 11.1 Å². The number of rotatable bonds is 0. The van der Waals surface area contributed by atoms with Crippen molar-refractivity contribution in [1.82, 2.24) is 4.98 Å². The number of quaternary nitrogens is 1. The van der Waals surface area contributed by atoms with Gasteiger partial charge in [-0.25, -0.2) is 14.8 Å². The Morgan fingerprint density at radius 1 is 1.50 bits per heavy atom. The van der Waals surface area contributed by atoms with Crippen LogP contribution in [0.2, 0.25) is 0 Å². The molecule has 0 spiro atoms. The van der Waals surface area contributed by atoms with Gasteiger partial charge in [-0.2, -0.15) is 0 Å². The Labute approximate surface area is 80.9 Å². The minimum atomic E-state index is -0.150. The average molecular weight is 197 g/mol. The van der Waals surface area contributed by atoms with Gasteiger partial charge in [0.15, 0.2) is 0 Å². The van der Waals surface area contributed by atoms with E-state index in [-0.39, 0.29) is 11.5 Å². The van der Waals surface area contributed by atoms with Crippen molar-refractivity contribution in [3.63, 3.8) is 0 Å². The van der Waals surface area contributed by atoms with Gasteiger partial charge >= 0.3 is 11.5 Å². The van der Waals surface area contributed by atoms with Crippen LogP contribution in [-0.4, -0.2) is 17.1 Å². The number of hydrogen-bond acceptors (Lipinski definition) is 3. The Morgan fingerprint density at radius 3 is 2.93 bits per heavy atom. The third-order valence-electron chi connectivity index (χ3n) is 2.61. The summed E-state index contributed by atoms with van der Waals surface area (Å²) in [5, 5.41) is 5.15. The molecule has 2 atom stereocenters. The molecule has 7 N–H and O–H groups in total. The predicted molar refractivity (Wildman–Crippen MR) is 52.2 cm³/mol. The van der Waals surface area contributed by atoms with Gasteiger partial charge in [0, 0.05) is 0 Å². The summed E-state index contributed by atoms with van der Waals surface area (Å²) in [5.41, 5.74) is 5.99. The fourth-order valence-corrected chi connectivity index (χ4v) is 1.58. The van der Waals surface area contributed by atoms with E-state index < -0.39 is 0 Å². The van der Waals surface area contributed by atoms with Crippen LogP contribution in [0.3, 0.4) is 0 Å². The molecule has 0 bridgehead atoms. The molecule has 0 radical (unpaired) electrons. The Bertz CT molecular complexity index is 413. The minimum Gasteiger partial charge on any atom is -0.310 e. The molecule has 0 aromatic carbocycles.